The van der Waals surface area contributed by atoms with E-state index in [-0.39, 0.29) is 41.5 Å². The number of carbonyl (C=O) groups is 2. The molecule has 2 amide bonds. The molecule has 4 atom stereocenters. The number of carbonyl (C=O) groups excluding carboxylic acids is 2. The van der Waals surface area contributed by atoms with E-state index in [4.69, 9.17) is 4.74 Å². The van der Waals surface area contributed by atoms with Gasteiger partial charge in [-0.15, -0.1) is 0 Å². The molecule has 2 N–H and O–H groups in total. The Labute approximate surface area is 270 Å². The third kappa shape index (κ3) is 7.15. The van der Waals surface area contributed by atoms with Gasteiger partial charge in [-0.05, 0) is 73.2 Å². The van der Waals surface area contributed by atoms with Crippen molar-refractivity contribution in [1.82, 2.24) is 15.2 Å². The first-order valence-corrected chi connectivity index (χ1v) is 15.5. The summed E-state index contributed by atoms with van der Waals surface area (Å²) in [6, 6.07) is 17.4. The lowest BCUT2D eigenvalue weighted by atomic mass is 9.88. The number of benzene rings is 3. The Morgan fingerprint density at radius 3 is 2.43 bits per heavy atom. The van der Waals surface area contributed by atoms with Gasteiger partial charge >= 0.3 is 0 Å². The fraction of sp³-hybridized carbons (Fsp3) is 0.306. The van der Waals surface area contributed by atoms with Gasteiger partial charge in [0.15, 0.2) is 6.10 Å². The van der Waals surface area contributed by atoms with Crippen molar-refractivity contribution in [2.45, 2.75) is 43.7 Å². The summed E-state index contributed by atoms with van der Waals surface area (Å²) in [5.41, 5.74) is 0.557. The molecular weight excluding hydrogens is 612 g/mol. The normalized spacial score (nSPS) is 20.0. The fourth-order valence-electron chi connectivity index (χ4n) is 6.60. The Bertz CT molecular complexity index is 1740. The van der Waals surface area contributed by atoms with Gasteiger partial charge in [-0.3, -0.25) is 14.6 Å². The molecule has 2 fully saturated rings. The van der Waals surface area contributed by atoms with Crippen LogP contribution in [0.15, 0.2) is 85.2 Å². The van der Waals surface area contributed by atoms with Gasteiger partial charge in [0, 0.05) is 43.6 Å². The van der Waals surface area contributed by atoms with Crippen LogP contribution in [0.1, 0.15) is 42.4 Å². The second-order valence-electron chi connectivity index (χ2n) is 12.2. The third-order valence-electron chi connectivity index (χ3n) is 9.03. The van der Waals surface area contributed by atoms with Gasteiger partial charge in [0.1, 0.15) is 29.0 Å². The van der Waals surface area contributed by atoms with E-state index in [0.29, 0.717) is 37.4 Å². The maximum atomic E-state index is 15.3. The van der Waals surface area contributed by atoms with Gasteiger partial charge in [-0.25, -0.2) is 17.6 Å². The molecule has 47 heavy (non-hydrogen) atoms. The van der Waals surface area contributed by atoms with Gasteiger partial charge < -0.3 is 20.3 Å². The van der Waals surface area contributed by atoms with Crippen LogP contribution in [0.5, 0.6) is 5.75 Å². The van der Waals surface area contributed by atoms with Crippen LogP contribution < -0.4 is 15.4 Å². The summed E-state index contributed by atoms with van der Waals surface area (Å²) >= 11 is 0. The highest BCUT2D eigenvalue weighted by Gasteiger charge is 2.60. The fourth-order valence-corrected chi connectivity index (χ4v) is 6.60. The van der Waals surface area contributed by atoms with Crippen LogP contribution in [-0.2, 0) is 16.0 Å². The van der Waals surface area contributed by atoms with Crippen molar-refractivity contribution >= 4 is 17.5 Å². The number of para-hydroxylation sites is 1. The van der Waals surface area contributed by atoms with Crippen LogP contribution in [-0.4, -0.2) is 53.0 Å². The first kappa shape index (κ1) is 32.2. The van der Waals surface area contributed by atoms with Crippen molar-refractivity contribution in [3.63, 3.8) is 0 Å². The summed E-state index contributed by atoms with van der Waals surface area (Å²) in [6.07, 6.45) is 2.33. The third-order valence-corrected chi connectivity index (χ3v) is 9.03. The minimum atomic E-state index is -0.814. The van der Waals surface area contributed by atoms with Crippen LogP contribution in [0.2, 0.25) is 0 Å². The van der Waals surface area contributed by atoms with Crippen LogP contribution in [0.3, 0.4) is 0 Å². The zero-order valence-electron chi connectivity index (χ0n) is 25.7. The van der Waals surface area contributed by atoms with Crippen molar-refractivity contribution in [2.24, 2.45) is 5.92 Å². The number of anilines is 1. The molecular formula is C36H34F4N4O3. The molecule has 1 saturated heterocycles. The Morgan fingerprint density at radius 2 is 1.70 bits per heavy atom. The standard InChI is InChI=1S/C36H34F4N4O3/c1-22(47-29-5-3-2-4-6-29)35(46)44-12-11-41-21-36(44)18-25(36)15-31-32(40)19-42-20-33(31)43-34(45)17-30(23-7-9-26(37)10-8-23)24-13-27(38)16-28(39)14-24/h2-10,13-14,16,19-20,22,25,30,41H,11-12,15,17-18,21H2,1H3,(H,43,45)/t22?,25-,30+,36+/m1/s1. The number of hydrogen-bond donors (Lipinski definition) is 2. The van der Waals surface area contributed by atoms with E-state index in [9.17, 15) is 22.8 Å². The number of ether oxygens (including phenoxy) is 1. The maximum Gasteiger partial charge on any atom is 0.263 e. The lowest BCUT2D eigenvalue weighted by molar-refractivity contribution is -0.142. The van der Waals surface area contributed by atoms with Crippen molar-refractivity contribution in [1.29, 1.82) is 0 Å². The van der Waals surface area contributed by atoms with E-state index in [1.165, 1.54) is 30.5 Å². The molecule has 0 bridgehead atoms. The average molecular weight is 647 g/mol. The predicted octanol–water partition coefficient (Wildman–Crippen LogP) is 6.00. The Balaban J connectivity index is 1.19. The Kier molecular flexibility index (Phi) is 9.26. The zero-order valence-corrected chi connectivity index (χ0v) is 25.7. The number of nitrogens with one attached hydrogen (secondary N) is 2. The van der Waals surface area contributed by atoms with Crippen molar-refractivity contribution < 1.29 is 31.9 Å². The molecule has 1 spiro atoms. The van der Waals surface area contributed by atoms with Gasteiger partial charge in [-0.2, -0.15) is 0 Å². The second-order valence-corrected chi connectivity index (χ2v) is 12.2. The maximum absolute atomic E-state index is 15.3. The molecule has 1 aliphatic heterocycles. The number of nitrogens with zero attached hydrogens (tertiary/aromatic N) is 2. The Morgan fingerprint density at radius 1 is 0.979 bits per heavy atom. The van der Waals surface area contributed by atoms with Crippen molar-refractivity contribution in [3.8, 4) is 5.75 Å². The number of rotatable bonds is 10. The lowest BCUT2D eigenvalue weighted by Crippen LogP contribution is -2.59. The zero-order chi connectivity index (χ0) is 33.1. The van der Waals surface area contributed by atoms with Gasteiger partial charge in [0.2, 0.25) is 5.91 Å². The smallest absolute Gasteiger partial charge is 0.263 e. The monoisotopic (exact) mass is 646 g/mol. The minimum absolute atomic E-state index is 0.0991. The molecule has 244 valence electrons. The van der Waals surface area contributed by atoms with Gasteiger partial charge in [0.05, 0.1) is 23.6 Å². The number of aromatic nitrogens is 1. The van der Waals surface area contributed by atoms with Gasteiger partial charge in [-0.1, -0.05) is 30.3 Å². The first-order valence-electron chi connectivity index (χ1n) is 15.5. The van der Waals surface area contributed by atoms with E-state index in [1.807, 2.05) is 23.1 Å². The number of piperazine rings is 1. The molecule has 6 rings (SSSR count). The van der Waals surface area contributed by atoms with E-state index >= 15 is 4.39 Å². The SMILES string of the molecule is CC(Oc1ccccc1)C(=O)N1CCNC[C@]12C[C@H]2Cc1c(F)cncc1NC(=O)C[C@@H](c1ccc(F)cc1)c1cc(F)cc(F)c1. The molecule has 4 aromatic rings. The van der Waals surface area contributed by atoms with E-state index in [0.717, 1.165) is 24.4 Å². The van der Waals surface area contributed by atoms with Gasteiger partial charge in [0.25, 0.3) is 5.91 Å². The lowest BCUT2D eigenvalue weighted by Gasteiger charge is -2.39. The quantitative estimate of drug-likeness (QED) is 0.207. The highest BCUT2D eigenvalue weighted by atomic mass is 19.1. The van der Waals surface area contributed by atoms with Crippen LogP contribution in [0.4, 0.5) is 23.2 Å². The van der Waals surface area contributed by atoms with E-state index in [2.05, 4.69) is 15.6 Å². The molecule has 1 unspecified atom stereocenters. The summed E-state index contributed by atoms with van der Waals surface area (Å²) < 4.78 is 63.3. The number of pyridine rings is 1. The van der Waals surface area contributed by atoms with Crippen molar-refractivity contribution in [2.75, 3.05) is 25.0 Å². The molecule has 2 heterocycles. The molecule has 2 aliphatic rings. The van der Waals surface area contributed by atoms with Crippen LogP contribution in [0.25, 0.3) is 0 Å². The molecule has 1 aliphatic carbocycles. The number of amides is 2. The summed E-state index contributed by atoms with van der Waals surface area (Å²) in [7, 11) is 0. The van der Waals surface area contributed by atoms with E-state index < -0.39 is 46.7 Å². The summed E-state index contributed by atoms with van der Waals surface area (Å²) in [5, 5.41) is 6.11. The number of halogens is 4. The van der Waals surface area contributed by atoms with Crippen LogP contribution in [0, 0.1) is 29.2 Å². The summed E-state index contributed by atoms with van der Waals surface area (Å²) in [4.78, 5) is 32.8. The molecule has 1 aromatic heterocycles. The minimum Gasteiger partial charge on any atom is -0.481 e. The molecule has 0 radical (unpaired) electrons. The summed E-state index contributed by atoms with van der Waals surface area (Å²) in [6.45, 7) is 3.36. The highest BCUT2D eigenvalue weighted by Crippen LogP contribution is 2.52. The van der Waals surface area contributed by atoms with Crippen LogP contribution >= 0.6 is 0 Å². The first-order chi connectivity index (χ1) is 22.6. The molecule has 7 nitrogen and oxygen atoms in total. The molecule has 11 heteroatoms. The van der Waals surface area contributed by atoms with E-state index in [1.54, 1.807) is 19.1 Å². The molecule has 3 aromatic carbocycles. The Hall–Kier alpha value is -4.77. The largest absolute Gasteiger partial charge is 0.481 e. The summed E-state index contributed by atoms with van der Waals surface area (Å²) in [5.74, 6) is -3.75. The topological polar surface area (TPSA) is 83.6 Å². The molecule has 1 saturated carbocycles. The number of hydrogen-bond acceptors (Lipinski definition) is 5. The second kappa shape index (κ2) is 13.5. The average Bonchev–Trinajstić information content (AvgIpc) is 3.73. The predicted molar refractivity (Wildman–Crippen MR) is 168 cm³/mol. The van der Waals surface area contributed by atoms with Crippen molar-refractivity contribution in [3.05, 3.63) is 125 Å². The highest BCUT2D eigenvalue weighted by molar-refractivity contribution is 5.92.